The van der Waals surface area contributed by atoms with E-state index in [0.717, 1.165) is 18.2 Å². The molecule has 1 aliphatic rings. The van der Waals surface area contributed by atoms with E-state index in [9.17, 15) is 22.7 Å². The Morgan fingerprint density at radius 2 is 2.00 bits per heavy atom. The average molecular weight is 318 g/mol. The molecule has 0 aromatic heterocycles. The fraction of sp³-hybridized carbons (Fsp3) is 0.417. The van der Waals surface area contributed by atoms with Gasteiger partial charge in [0.05, 0.1) is 10.6 Å². The zero-order chi connectivity index (χ0) is 15.7. The first-order chi connectivity index (χ1) is 9.74. The standard InChI is InChI=1S/C12H15FN2O5S/c13-9-7-8(21(14,18)19)1-2-10(9)15-12(11(16)17)3-5-20-6-4-12/h1-2,7,15H,3-6H2,(H,16,17)(H2,14,18,19). The monoisotopic (exact) mass is 318 g/mol. The van der Waals surface area contributed by atoms with Crippen molar-refractivity contribution in [1.29, 1.82) is 0 Å². The Morgan fingerprint density at radius 1 is 1.38 bits per heavy atom. The molecule has 116 valence electrons. The number of anilines is 1. The van der Waals surface area contributed by atoms with Crippen LogP contribution in [0.2, 0.25) is 0 Å². The minimum Gasteiger partial charge on any atom is -0.480 e. The second kappa shape index (κ2) is 5.58. The number of carboxylic acid groups (broad SMARTS) is 1. The molecule has 21 heavy (non-hydrogen) atoms. The van der Waals surface area contributed by atoms with Crippen LogP contribution in [0.5, 0.6) is 0 Å². The lowest BCUT2D eigenvalue weighted by Crippen LogP contribution is -2.50. The van der Waals surface area contributed by atoms with E-state index < -0.39 is 27.3 Å². The van der Waals surface area contributed by atoms with Gasteiger partial charge in [0.25, 0.3) is 0 Å². The van der Waals surface area contributed by atoms with Crippen LogP contribution >= 0.6 is 0 Å². The molecule has 0 spiro atoms. The Hall–Kier alpha value is -1.71. The summed E-state index contributed by atoms with van der Waals surface area (Å²) in [6.45, 7) is 0.492. The van der Waals surface area contributed by atoms with Gasteiger partial charge >= 0.3 is 5.97 Å². The summed E-state index contributed by atoms with van der Waals surface area (Å²) in [7, 11) is -4.01. The average Bonchev–Trinajstić information content (AvgIpc) is 2.41. The highest BCUT2D eigenvalue weighted by molar-refractivity contribution is 7.89. The maximum atomic E-state index is 14.0. The predicted molar refractivity (Wildman–Crippen MR) is 71.8 cm³/mol. The number of rotatable bonds is 4. The van der Waals surface area contributed by atoms with Gasteiger partial charge in [-0.15, -0.1) is 0 Å². The Morgan fingerprint density at radius 3 is 2.48 bits per heavy atom. The van der Waals surface area contributed by atoms with Gasteiger partial charge in [-0.1, -0.05) is 0 Å². The van der Waals surface area contributed by atoms with E-state index in [2.05, 4.69) is 5.32 Å². The molecule has 1 heterocycles. The fourth-order valence-corrected chi connectivity index (χ4v) is 2.67. The van der Waals surface area contributed by atoms with Gasteiger partial charge in [0.1, 0.15) is 11.4 Å². The lowest BCUT2D eigenvalue weighted by molar-refractivity contribution is -0.145. The van der Waals surface area contributed by atoms with E-state index in [-0.39, 0.29) is 36.6 Å². The highest BCUT2D eigenvalue weighted by Gasteiger charge is 2.40. The third-order valence-corrected chi connectivity index (χ3v) is 4.31. The molecule has 0 bridgehead atoms. The smallest absolute Gasteiger partial charge is 0.329 e. The summed E-state index contributed by atoms with van der Waals surface area (Å²) in [5.41, 5.74) is -1.42. The van der Waals surface area contributed by atoms with Gasteiger partial charge in [0.15, 0.2) is 0 Å². The SMILES string of the molecule is NS(=O)(=O)c1ccc(NC2(C(=O)O)CCOCC2)c(F)c1. The van der Waals surface area contributed by atoms with Gasteiger partial charge in [-0.2, -0.15) is 0 Å². The maximum absolute atomic E-state index is 14.0. The first-order valence-corrected chi connectivity index (χ1v) is 7.71. The van der Waals surface area contributed by atoms with Crippen LogP contribution in [-0.2, 0) is 19.6 Å². The summed E-state index contributed by atoms with van der Waals surface area (Å²) in [6.07, 6.45) is 0.359. The predicted octanol–water partition coefficient (Wildman–Crippen LogP) is 0.519. The van der Waals surface area contributed by atoms with Crippen molar-refractivity contribution in [3.8, 4) is 0 Å². The van der Waals surface area contributed by atoms with Crippen LogP contribution in [0, 0.1) is 5.82 Å². The highest BCUT2D eigenvalue weighted by atomic mass is 32.2. The molecule has 1 aromatic rings. The van der Waals surface area contributed by atoms with Crippen LogP contribution in [0.4, 0.5) is 10.1 Å². The fourth-order valence-electron chi connectivity index (χ4n) is 2.14. The van der Waals surface area contributed by atoms with Crippen LogP contribution in [-0.4, -0.2) is 38.2 Å². The molecule has 0 aliphatic carbocycles. The van der Waals surface area contributed by atoms with Crippen molar-refractivity contribution in [1.82, 2.24) is 0 Å². The van der Waals surface area contributed by atoms with Crippen molar-refractivity contribution in [2.75, 3.05) is 18.5 Å². The molecule has 0 radical (unpaired) electrons. The van der Waals surface area contributed by atoms with Crippen LogP contribution in [0.1, 0.15) is 12.8 Å². The second-order valence-electron chi connectivity index (χ2n) is 4.81. The number of hydrogen-bond acceptors (Lipinski definition) is 5. The lowest BCUT2D eigenvalue weighted by Gasteiger charge is -2.34. The number of aliphatic carboxylic acids is 1. The maximum Gasteiger partial charge on any atom is 0.329 e. The van der Waals surface area contributed by atoms with Crippen molar-refractivity contribution >= 4 is 21.7 Å². The summed E-state index contributed by atoms with van der Waals surface area (Å²) in [4.78, 5) is 11.1. The van der Waals surface area contributed by atoms with E-state index in [1.807, 2.05) is 0 Å². The van der Waals surface area contributed by atoms with Gasteiger partial charge in [-0.25, -0.2) is 22.7 Å². The molecule has 9 heteroatoms. The zero-order valence-electron chi connectivity index (χ0n) is 11.0. The van der Waals surface area contributed by atoms with E-state index in [4.69, 9.17) is 9.88 Å². The number of ether oxygens (including phenoxy) is 1. The lowest BCUT2D eigenvalue weighted by atomic mass is 9.90. The molecule has 0 atom stereocenters. The molecular weight excluding hydrogens is 303 g/mol. The Kier molecular flexibility index (Phi) is 4.17. The summed E-state index contributed by atoms with van der Waals surface area (Å²) in [5.74, 6) is -1.99. The number of nitrogens with two attached hydrogens (primary N) is 1. The van der Waals surface area contributed by atoms with E-state index >= 15 is 0 Å². The summed E-state index contributed by atoms with van der Waals surface area (Å²) in [6, 6.07) is 3.04. The third kappa shape index (κ3) is 3.31. The van der Waals surface area contributed by atoms with Crippen LogP contribution in [0.15, 0.2) is 23.1 Å². The Balaban J connectivity index is 2.32. The van der Waals surface area contributed by atoms with Gasteiger partial charge in [0, 0.05) is 26.1 Å². The summed E-state index contributed by atoms with van der Waals surface area (Å²) < 4.78 is 41.4. The highest BCUT2D eigenvalue weighted by Crippen LogP contribution is 2.28. The largest absolute Gasteiger partial charge is 0.480 e. The first kappa shape index (κ1) is 15.7. The van der Waals surface area contributed by atoms with Gasteiger partial charge in [0.2, 0.25) is 10.0 Å². The van der Waals surface area contributed by atoms with Gasteiger partial charge in [-0.05, 0) is 18.2 Å². The molecule has 0 amide bonds. The van der Waals surface area contributed by atoms with E-state index in [0.29, 0.717) is 0 Å². The molecule has 2 rings (SSSR count). The summed E-state index contributed by atoms with van der Waals surface area (Å²) >= 11 is 0. The van der Waals surface area contributed by atoms with Gasteiger partial charge in [-0.3, -0.25) is 0 Å². The van der Waals surface area contributed by atoms with E-state index in [1.54, 1.807) is 0 Å². The molecule has 0 unspecified atom stereocenters. The Bertz CT molecular complexity index is 656. The number of nitrogens with one attached hydrogen (secondary N) is 1. The van der Waals surface area contributed by atoms with Crippen molar-refractivity contribution in [2.24, 2.45) is 5.14 Å². The molecule has 1 aliphatic heterocycles. The van der Waals surface area contributed by atoms with Crippen molar-refractivity contribution in [3.63, 3.8) is 0 Å². The molecule has 7 nitrogen and oxygen atoms in total. The minimum atomic E-state index is -4.01. The number of carbonyl (C=O) groups is 1. The van der Waals surface area contributed by atoms with Gasteiger partial charge < -0.3 is 15.2 Å². The van der Waals surface area contributed by atoms with Crippen LogP contribution in [0.3, 0.4) is 0 Å². The first-order valence-electron chi connectivity index (χ1n) is 6.16. The van der Waals surface area contributed by atoms with Crippen LogP contribution in [0.25, 0.3) is 0 Å². The van der Waals surface area contributed by atoms with Crippen molar-refractivity contribution < 1.29 is 27.4 Å². The molecule has 1 aromatic carbocycles. The number of benzene rings is 1. The zero-order valence-corrected chi connectivity index (χ0v) is 11.8. The molecule has 4 N–H and O–H groups in total. The number of hydrogen-bond donors (Lipinski definition) is 3. The third-order valence-electron chi connectivity index (χ3n) is 3.40. The second-order valence-corrected chi connectivity index (χ2v) is 6.37. The number of sulfonamides is 1. The normalized spacial score (nSPS) is 18.2. The molecular formula is C12H15FN2O5S. The van der Waals surface area contributed by atoms with Crippen LogP contribution < -0.4 is 10.5 Å². The number of primary sulfonamides is 1. The quantitative estimate of drug-likeness (QED) is 0.744. The van der Waals surface area contributed by atoms with Crippen molar-refractivity contribution in [3.05, 3.63) is 24.0 Å². The summed E-state index contributed by atoms with van der Waals surface area (Å²) in [5, 5.41) is 16.9. The number of carboxylic acids is 1. The topological polar surface area (TPSA) is 119 Å². The van der Waals surface area contributed by atoms with Crippen molar-refractivity contribution in [2.45, 2.75) is 23.3 Å². The minimum absolute atomic E-state index is 0.0910. The molecule has 0 saturated carbocycles. The molecule has 1 fully saturated rings. The molecule has 1 saturated heterocycles. The number of halogens is 1. The Labute approximate surface area is 121 Å². The van der Waals surface area contributed by atoms with E-state index in [1.165, 1.54) is 0 Å².